The number of piperidine rings is 3. The number of hydrogen-bond acceptors (Lipinski definition) is 2. The molecule has 3 aliphatic rings. The first-order chi connectivity index (χ1) is 11.8. The summed E-state index contributed by atoms with van der Waals surface area (Å²) in [6.07, 6.45) is 3.33. The van der Waals surface area contributed by atoms with Crippen molar-refractivity contribution in [1.82, 2.24) is 4.90 Å². The van der Waals surface area contributed by atoms with Gasteiger partial charge in [-0.05, 0) is 71.4 Å². The van der Waals surface area contributed by atoms with Crippen LogP contribution in [0.2, 0.25) is 0 Å². The Morgan fingerprint density at radius 2 is 1.46 bits per heavy atom. The molecule has 0 amide bonds. The number of benzene rings is 3. The Balaban J connectivity index is 1.71. The van der Waals surface area contributed by atoms with E-state index < -0.39 is 6.10 Å². The summed E-state index contributed by atoms with van der Waals surface area (Å²) in [6.45, 7) is 2.30. The van der Waals surface area contributed by atoms with Gasteiger partial charge in [0.25, 0.3) is 0 Å². The van der Waals surface area contributed by atoms with E-state index in [1.807, 2.05) is 0 Å². The van der Waals surface area contributed by atoms with E-state index >= 15 is 0 Å². The van der Waals surface area contributed by atoms with Crippen LogP contribution in [0.1, 0.15) is 30.9 Å². The highest BCUT2D eigenvalue weighted by molar-refractivity contribution is 6.02. The summed E-state index contributed by atoms with van der Waals surface area (Å²) in [5.74, 6) is 0.802. The molecular formula is C22H23NO. The zero-order chi connectivity index (χ0) is 16.1. The van der Waals surface area contributed by atoms with Gasteiger partial charge in [-0.25, -0.2) is 0 Å². The van der Waals surface area contributed by atoms with Crippen LogP contribution < -0.4 is 0 Å². The minimum absolute atomic E-state index is 0.270. The Bertz CT molecular complexity index is 841. The lowest BCUT2D eigenvalue weighted by atomic mass is 9.78. The van der Waals surface area contributed by atoms with E-state index in [2.05, 4.69) is 59.5 Å². The van der Waals surface area contributed by atoms with Crippen LogP contribution in [-0.2, 0) is 0 Å². The second kappa shape index (κ2) is 5.58. The Morgan fingerprint density at radius 1 is 0.875 bits per heavy atom. The Labute approximate surface area is 142 Å². The van der Waals surface area contributed by atoms with Gasteiger partial charge in [0.15, 0.2) is 0 Å². The van der Waals surface area contributed by atoms with Gasteiger partial charge in [0.2, 0.25) is 0 Å². The topological polar surface area (TPSA) is 23.5 Å². The van der Waals surface area contributed by atoms with Gasteiger partial charge < -0.3 is 5.11 Å². The molecule has 3 saturated heterocycles. The largest absolute Gasteiger partial charge is 0.387 e. The average molecular weight is 317 g/mol. The molecule has 3 fully saturated rings. The maximum atomic E-state index is 11.4. The van der Waals surface area contributed by atoms with Gasteiger partial charge in [-0.15, -0.1) is 0 Å². The van der Waals surface area contributed by atoms with Crippen LogP contribution in [0, 0.1) is 5.92 Å². The van der Waals surface area contributed by atoms with Crippen molar-refractivity contribution in [2.75, 3.05) is 13.1 Å². The average Bonchev–Trinajstić information content (AvgIpc) is 2.66. The molecule has 24 heavy (non-hydrogen) atoms. The van der Waals surface area contributed by atoms with Gasteiger partial charge in [0.05, 0.1) is 6.10 Å². The molecule has 3 aliphatic heterocycles. The fraction of sp³-hybridized carbons (Fsp3) is 0.364. The summed E-state index contributed by atoms with van der Waals surface area (Å²) in [5.41, 5.74) is 1.13. The molecule has 122 valence electrons. The number of rotatable bonds is 2. The van der Waals surface area contributed by atoms with Crippen LogP contribution in [0.5, 0.6) is 0 Å². The predicted octanol–water partition coefficient (Wildman–Crippen LogP) is 4.51. The molecule has 2 atom stereocenters. The highest BCUT2D eigenvalue weighted by Gasteiger charge is 2.38. The molecule has 3 aromatic rings. The normalized spacial score (nSPS) is 27.6. The lowest BCUT2D eigenvalue weighted by Gasteiger charge is -2.47. The molecule has 2 nitrogen and oxygen atoms in total. The van der Waals surface area contributed by atoms with E-state index in [4.69, 9.17) is 0 Å². The van der Waals surface area contributed by atoms with Gasteiger partial charge in [0, 0.05) is 6.04 Å². The second-order valence-electron chi connectivity index (χ2n) is 7.46. The first kappa shape index (κ1) is 14.4. The molecule has 0 aliphatic carbocycles. The molecule has 3 heterocycles. The standard InChI is InChI=1S/C22H23NO/c24-22(20-13-15-9-11-23(20)12-10-15)21-18-7-3-1-5-16(18)14-17-6-2-4-8-19(17)21/h1-8,14-15,20,22,24H,9-13H2/t20-,22-/m1/s1. The lowest BCUT2D eigenvalue weighted by molar-refractivity contribution is -0.0258. The Hall–Kier alpha value is -1.90. The van der Waals surface area contributed by atoms with Crippen molar-refractivity contribution in [3.8, 4) is 0 Å². The number of aliphatic hydroxyl groups is 1. The Kier molecular flexibility index (Phi) is 3.36. The van der Waals surface area contributed by atoms with Crippen LogP contribution in [-0.4, -0.2) is 29.1 Å². The van der Waals surface area contributed by atoms with E-state index in [9.17, 15) is 5.11 Å². The summed E-state index contributed by atoms with van der Waals surface area (Å²) in [6, 6.07) is 19.5. The minimum Gasteiger partial charge on any atom is -0.387 e. The van der Waals surface area contributed by atoms with E-state index in [0.29, 0.717) is 0 Å². The van der Waals surface area contributed by atoms with Crippen molar-refractivity contribution in [2.45, 2.75) is 31.4 Å². The lowest BCUT2D eigenvalue weighted by Crippen LogP contribution is -2.51. The van der Waals surface area contributed by atoms with Crippen LogP contribution in [0.25, 0.3) is 21.5 Å². The van der Waals surface area contributed by atoms with E-state index in [-0.39, 0.29) is 6.04 Å². The maximum absolute atomic E-state index is 11.4. The van der Waals surface area contributed by atoms with Gasteiger partial charge in [-0.1, -0.05) is 48.5 Å². The third-order valence-corrected chi connectivity index (χ3v) is 6.17. The van der Waals surface area contributed by atoms with E-state index in [1.54, 1.807) is 0 Å². The molecule has 0 radical (unpaired) electrons. The molecule has 2 bridgehead atoms. The maximum Gasteiger partial charge on any atom is 0.0957 e. The molecule has 0 spiro atoms. The molecule has 0 aromatic heterocycles. The number of aliphatic hydroxyl groups excluding tert-OH is 1. The van der Waals surface area contributed by atoms with Crippen LogP contribution in [0.15, 0.2) is 54.6 Å². The minimum atomic E-state index is -0.413. The van der Waals surface area contributed by atoms with Crippen molar-refractivity contribution < 1.29 is 5.11 Å². The third-order valence-electron chi connectivity index (χ3n) is 6.17. The van der Waals surface area contributed by atoms with Gasteiger partial charge in [-0.2, -0.15) is 0 Å². The van der Waals surface area contributed by atoms with Crippen molar-refractivity contribution >= 4 is 21.5 Å². The highest BCUT2D eigenvalue weighted by atomic mass is 16.3. The first-order valence-corrected chi connectivity index (χ1v) is 9.14. The van der Waals surface area contributed by atoms with Crippen molar-refractivity contribution in [1.29, 1.82) is 0 Å². The summed E-state index contributed by atoms with van der Waals surface area (Å²) in [4.78, 5) is 2.52. The highest BCUT2D eigenvalue weighted by Crippen LogP contribution is 2.41. The third kappa shape index (κ3) is 2.17. The van der Waals surface area contributed by atoms with Gasteiger partial charge in [0.1, 0.15) is 0 Å². The summed E-state index contributed by atoms with van der Waals surface area (Å²) in [7, 11) is 0. The zero-order valence-electron chi connectivity index (χ0n) is 13.9. The van der Waals surface area contributed by atoms with Crippen molar-refractivity contribution in [3.63, 3.8) is 0 Å². The molecule has 6 rings (SSSR count). The monoisotopic (exact) mass is 317 g/mol. The second-order valence-corrected chi connectivity index (χ2v) is 7.46. The number of nitrogens with zero attached hydrogens (tertiary/aromatic N) is 1. The van der Waals surface area contributed by atoms with Crippen LogP contribution >= 0.6 is 0 Å². The van der Waals surface area contributed by atoms with Crippen molar-refractivity contribution in [3.05, 3.63) is 60.2 Å². The molecule has 0 saturated carbocycles. The van der Waals surface area contributed by atoms with Crippen LogP contribution in [0.4, 0.5) is 0 Å². The molecule has 2 heteroatoms. The molecule has 0 unspecified atom stereocenters. The fourth-order valence-electron chi connectivity index (χ4n) is 4.90. The first-order valence-electron chi connectivity index (χ1n) is 9.14. The smallest absolute Gasteiger partial charge is 0.0957 e. The predicted molar refractivity (Wildman–Crippen MR) is 99.1 cm³/mol. The molecular weight excluding hydrogens is 294 g/mol. The molecule has 1 N–H and O–H groups in total. The summed E-state index contributed by atoms with van der Waals surface area (Å²) < 4.78 is 0. The van der Waals surface area contributed by atoms with Crippen molar-refractivity contribution in [2.24, 2.45) is 5.92 Å². The van der Waals surface area contributed by atoms with E-state index in [1.165, 1.54) is 34.4 Å². The fourth-order valence-corrected chi connectivity index (χ4v) is 4.90. The van der Waals surface area contributed by atoms with E-state index in [0.717, 1.165) is 31.0 Å². The number of fused-ring (bicyclic) bond motifs is 5. The van der Waals surface area contributed by atoms with Gasteiger partial charge in [-0.3, -0.25) is 4.90 Å². The quantitative estimate of drug-likeness (QED) is 0.703. The zero-order valence-corrected chi connectivity index (χ0v) is 13.9. The van der Waals surface area contributed by atoms with Crippen LogP contribution in [0.3, 0.4) is 0 Å². The summed E-state index contributed by atoms with van der Waals surface area (Å²) >= 11 is 0. The summed E-state index contributed by atoms with van der Waals surface area (Å²) in [5, 5.41) is 16.3. The number of hydrogen-bond donors (Lipinski definition) is 1. The van der Waals surface area contributed by atoms with Gasteiger partial charge >= 0.3 is 0 Å². The molecule has 3 aromatic carbocycles. The Morgan fingerprint density at radius 3 is 2.00 bits per heavy atom. The SMILES string of the molecule is O[C@@H](c1c2ccccc2cc2ccccc12)[C@H]1CC2CCN1CC2.